The van der Waals surface area contributed by atoms with Crippen molar-refractivity contribution in [3.05, 3.63) is 65.7 Å². The molecule has 1 saturated carbocycles. The van der Waals surface area contributed by atoms with E-state index in [9.17, 15) is 44.7 Å². The smallest absolute Gasteiger partial charge is 0.475 e. The molecule has 1 saturated heterocycles. The predicted molar refractivity (Wildman–Crippen MR) is 161 cm³/mol. The lowest BCUT2D eigenvalue weighted by Gasteiger charge is -2.44. The molecule has 0 aromatic heterocycles. The van der Waals surface area contributed by atoms with Crippen LogP contribution in [0.3, 0.4) is 0 Å². The van der Waals surface area contributed by atoms with Gasteiger partial charge in [0.1, 0.15) is 0 Å². The number of carboxylic acids is 1. The number of aliphatic hydroxyl groups is 1. The van der Waals surface area contributed by atoms with Gasteiger partial charge in [0, 0.05) is 30.6 Å². The van der Waals surface area contributed by atoms with Crippen LogP contribution in [0.15, 0.2) is 59.5 Å². The van der Waals surface area contributed by atoms with Gasteiger partial charge < -0.3 is 20.0 Å². The maximum Gasteiger partial charge on any atom is 0.490 e. The SMILES string of the molecule is CC(C)N(C)[C@@H]1CC[C@H](N2CC[C@@H](CC(O)c3cccc(C(F)(F)F)c3)C2=O)[C@H](CS(=O)(=O)c2ccccc2)C1.O=C(O)C(F)(F)F. The van der Waals surface area contributed by atoms with Crippen LogP contribution in [0.25, 0.3) is 0 Å². The lowest BCUT2D eigenvalue weighted by molar-refractivity contribution is -0.192. The van der Waals surface area contributed by atoms with Gasteiger partial charge in [0.2, 0.25) is 5.91 Å². The zero-order valence-electron chi connectivity index (χ0n) is 26.2. The summed E-state index contributed by atoms with van der Waals surface area (Å²) < 4.78 is 98.0. The van der Waals surface area contributed by atoms with Gasteiger partial charge >= 0.3 is 18.3 Å². The normalized spacial score (nSPS) is 23.1. The Morgan fingerprint density at radius 2 is 1.62 bits per heavy atom. The van der Waals surface area contributed by atoms with Gasteiger partial charge in [0.05, 0.1) is 22.3 Å². The second kappa shape index (κ2) is 15.4. The van der Waals surface area contributed by atoms with Gasteiger partial charge in [0.25, 0.3) is 0 Å². The molecule has 262 valence electrons. The Kier molecular flexibility index (Phi) is 12.5. The topological polar surface area (TPSA) is 115 Å². The molecule has 1 heterocycles. The Bertz CT molecular complexity index is 1470. The van der Waals surface area contributed by atoms with Crippen molar-refractivity contribution in [3.8, 4) is 0 Å². The average Bonchev–Trinajstić information content (AvgIpc) is 3.35. The van der Waals surface area contributed by atoms with Gasteiger partial charge in [-0.15, -0.1) is 0 Å². The van der Waals surface area contributed by atoms with E-state index in [0.29, 0.717) is 31.8 Å². The van der Waals surface area contributed by atoms with Crippen LogP contribution >= 0.6 is 0 Å². The highest BCUT2D eigenvalue weighted by atomic mass is 32.2. The standard InChI is InChI=1S/C30H39F3N2O4S.C2HF3O2/c1-20(2)34(3)25-12-13-27(23(17-25)19-40(38,39)26-10-5-4-6-11-26)35-15-14-22(29(35)37)18-28(36)21-8-7-9-24(16-21)30(31,32)33;3-2(4,5)1(6)7/h4-11,16,20,22-23,25,27-28,36H,12-15,17-19H2,1-3H3;(H,6,7)/t22-,23-,25+,27-,28?;/m0./s1. The molecule has 2 N–H and O–H groups in total. The van der Waals surface area contributed by atoms with E-state index in [0.717, 1.165) is 18.6 Å². The Morgan fingerprint density at radius 1 is 1.00 bits per heavy atom. The number of amides is 1. The third-order valence-corrected chi connectivity index (χ3v) is 10.8. The molecule has 5 atom stereocenters. The van der Waals surface area contributed by atoms with Gasteiger partial charge in [-0.2, -0.15) is 26.3 Å². The fourth-order valence-electron chi connectivity index (χ4n) is 6.25. The molecular formula is C32H40F6N2O6S. The summed E-state index contributed by atoms with van der Waals surface area (Å²) in [5.74, 6) is -3.78. The predicted octanol–water partition coefficient (Wildman–Crippen LogP) is 5.96. The van der Waals surface area contributed by atoms with Crippen LogP contribution in [-0.2, 0) is 25.6 Å². The number of aliphatic hydroxyl groups excluding tert-OH is 1. The molecule has 0 bridgehead atoms. The number of halogens is 6. The Labute approximate surface area is 270 Å². The lowest BCUT2D eigenvalue weighted by atomic mass is 9.80. The first kappa shape index (κ1) is 38.3. The molecule has 1 aliphatic heterocycles. The van der Waals surface area contributed by atoms with Crippen LogP contribution in [0.2, 0.25) is 0 Å². The molecular weight excluding hydrogens is 654 g/mol. The highest BCUT2D eigenvalue weighted by Crippen LogP contribution is 2.39. The molecule has 4 rings (SSSR count). The van der Waals surface area contributed by atoms with Crippen molar-refractivity contribution in [3.63, 3.8) is 0 Å². The van der Waals surface area contributed by atoms with Crippen molar-refractivity contribution >= 4 is 21.7 Å². The van der Waals surface area contributed by atoms with Crippen molar-refractivity contribution in [2.45, 2.75) is 87.4 Å². The second-order valence-electron chi connectivity index (χ2n) is 12.3. The number of nitrogens with zero attached hydrogens (tertiary/aromatic N) is 2. The van der Waals surface area contributed by atoms with E-state index < -0.39 is 45.7 Å². The van der Waals surface area contributed by atoms with Gasteiger partial charge in [-0.1, -0.05) is 30.3 Å². The Morgan fingerprint density at radius 3 is 2.17 bits per heavy atom. The van der Waals surface area contributed by atoms with Crippen molar-refractivity contribution in [1.82, 2.24) is 9.80 Å². The van der Waals surface area contributed by atoms with E-state index in [2.05, 4.69) is 18.7 Å². The van der Waals surface area contributed by atoms with Gasteiger partial charge in [0.15, 0.2) is 9.84 Å². The molecule has 47 heavy (non-hydrogen) atoms. The minimum absolute atomic E-state index is 0.0229. The average molecular weight is 695 g/mol. The Hall–Kier alpha value is -3.17. The maximum absolute atomic E-state index is 13.6. The number of hydrogen-bond acceptors (Lipinski definition) is 6. The number of carbonyl (C=O) groups is 2. The van der Waals surface area contributed by atoms with Crippen molar-refractivity contribution in [2.24, 2.45) is 11.8 Å². The fraction of sp³-hybridized carbons (Fsp3) is 0.562. The summed E-state index contributed by atoms with van der Waals surface area (Å²) >= 11 is 0. The van der Waals surface area contributed by atoms with E-state index >= 15 is 0 Å². The molecule has 2 fully saturated rings. The highest BCUT2D eigenvalue weighted by molar-refractivity contribution is 7.91. The fourth-order valence-corrected chi connectivity index (χ4v) is 7.94. The summed E-state index contributed by atoms with van der Waals surface area (Å²) in [4.78, 5) is 26.8. The first-order chi connectivity index (χ1) is 21.7. The molecule has 0 radical (unpaired) electrons. The maximum atomic E-state index is 13.6. The van der Waals surface area contributed by atoms with Crippen LogP contribution < -0.4 is 0 Å². The first-order valence-corrected chi connectivity index (χ1v) is 16.8. The molecule has 1 aliphatic carbocycles. The van der Waals surface area contributed by atoms with Crippen LogP contribution in [-0.4, -0.2) is 84.0 Å². The summed E-state index contributed by atoms with van der Waals surface area (Å²) in [7, 11) is -1.54. The molecule has 8 nitrogen and oxygen atoms in total. The van der Waals surface area contributed by atoms with Crippen molar-refractivity contribution in [2.75, 3.05) is 19.3 Å². The van der Waals surface area contributed by atoms with Crippen molar-refractivity contribution in [1.29, 1.82) is 0 Å². The van der Waals surface area contributed by atoms with Crippen LogP contribution in [0.4, 0.5) is 26.3 Å². The van der Waals surface area contributed by atoms with E-state index in [1.165, 1.54) is 12.1 Å². The number of sulfone groups is 1. The van der Waals surface area contributed by atoms with E-state index in [1.807, 2.05) is 7.05 Å². The number of hydrogen-bond donors (Lipinski definition) is 2. The van der Waals surface area contributed by atoms with E-state index in [4.69, 9.17) is 9.90 Å². The minimum Gasteiger partial charge on any atom is -0.475 e. The molecule has 1 amide bonds. The summed E-state index contributed by atoms with van der Waals surface area (Å²) in [5.41, 5.74) is -0.709. The summed E-state index contributed by atoms with van der Waals surface area (Å²) in [5, 5.41) is 17.9. The van der Waals surface area contributed by atoms with Gasteiger partial charge in [-0.25, -0.2) is 13.2 Å². The molecule has 15 heteroatoms. The van der Waals surface area contributed by atoms with Gasteiger partial charge in [-0.3, -0.25) is 4.79 Å². The summed E-state index contributed by atoms with van der Waals surface area (Å²) in [6, 6.07) is 13.2. The summed E-state index contributed by atoms with van der Waals surface area (Å²) in [6.45, 7) is 4.65. The Balaban J connectivity index is 0.000000771. The van der Waals surface area contributed by atoms with E-state index in [-0.39, 0.29) is 46.5 Å². The van der Waals surface area contributed by atoms with Crippen LogP contribution in [0.1, 0.15) is 63.2 Å². The molecule has 1 unspecified atom stereocenters. The molecule has 2 aromatic rings. The lowest BCUT2D eigenvalue weighted by Crippen LogP contribution is -2.51. The number of carboxylic acid groups (broad SMARTS) is 1. The first-order valence-electron chi connectivity index (χ1n) is 15.2. The zero-order chi connectivity index (χ0) is 35.3. The number of carbonyl (C=O) groups excluding carboxylic acids is 1. The third-order valence-electron chi connectivity index (χ3n) is 8.94. The molecule has 2 aromatic carbocycles. The van der Waals surface area contributed by atoms with Gasteiger partial charge in [-0.05, 0) is 88.7 Å². The molecule has 0 spiro atoms. The van der Waals surface area contributed by atoms with E-state index in [1.54, 1.807) is 35.2 Å². The number of aliphatic carboxylic acids is 1. The number of rotatable bonds is 9. The second-order valence-corrected chi connectivity index (χ2v) is 14.4. The van der Waals surface area contributed by atoms with Crippen LogP contribution in [0, 0.1) is 11.8 Å². The number of benzene rings is 2. The largest absolute Gasteiger partial charge is 0.490 e. The number of alkyl halides is 6. The monoisotopic (exact) mass is 694 g/mol. The molecule has 2 aliphatic rings. The highest BCUT2D eigenvalue weighted by Gasteiger charge is 2.44. The number of likely N-dealkylation sites (tertiary alicyclic amines) is 1. The third kappa shape index (κ3) is 10.2. The zero-order valence-corrected chi connectivity index (χ0v) is 27.0. The minimum atomic E-state index is -5.08. The van der Waals surface area contributed by atoms with Crippen molar-refractivity contribution < 1.29 is 54.6 Å². The summed E-state index contributed by atoms with van der Waals surface area (Å²) in [6.07, 6.45) is -8.16. The quantitative estimate of drug-likeness (QED) is 0.312. The van der Waals surface area contributed by atoms with Crippen LogP contribution in [0.5, 0.6) is 0 Å².